The zero-order valence-corrected chi connectivity index (χ0v) is 13.2. The van der Waals surface area contributed by atoms with Crippen molar-refractivity contribution in [2.24, 2.45) is 5.10 Å². The van der Waals surface area contributed by atoms with Crippen LogP contribution >= 0.6 is 15.9 Å². The summed E-state index contributed by atoms with van der Waals surface area (Å²) >= 11 is 3.36. The molecule has 0 saturated heterocycles. The van der Waals surface area contributed by atoms with Gasteiger partial charge in [-0.2, -0.15) is 5.10 Å². The smallest absolute Gasteiger partial charge is 0.275 e. The van der Waals surface area contributed by atoms with Crippen molar-refractivity contribution in [1.82, 2.24) is 5.43 Å². The van der Waals surface area contributed by atoms with E-state index < -0.39 is 0 Å². The number of amides is 1. The predicted molar refractivity (Wildman–Crippen MR) is 86.6 cm³/mol. The summed E-state index contributed by atoms with van der Waals surface area (Å²) in [4.78, 5) is 12.2. The van der Waals surface area contributed by atoms with Crippen molar-refractivity contribution in [2.45, 2.75) is 0 Å². The molecule has 1 aliphatic heterocycles. The Hall–Kier alpha value is -2.34. The highest BCUT2D eigenvalue weighted by Gasteiger charge is 2.19. The first-order valence-electron chi connectivity index (χ1n) is 6.71. The summed E-state index contributed by atoms with van der Waals surface area (Å²) in [6.45, 7) is 0.916. The number of hydrogen-bond acceptors (Lipinski definition) is 4. The first-order valence-corrected chi connectivity index (χ1v) is 7.51. The topological polar surface area (TPSA) is 59.9 Å². The second-order valence-electron chi connectivity index (χ2n) is 4.58. The molecule has 22 heavy (non-hydrogen) atoms. The second kappa shape index (κ2) is 6.62. The van der Waals surface area contributed by atoms with E-state index in [9.17, 15) is 4.79 Å². The van der Waals surface area contributed by atoms with Gasteiger partial charge >= 0.3 is 0 Å². The maximum atomic E-state index is 12.2. The van der Waals surface area contributed by atoms with Gasteiger partial charge in [0.05, 0.1) is 11.8 Å². The molecule has 0 aliphatic carbocycles. The van der Waals surface area contributed by atoms with Crippen LogP contribution in [0.25, 0.3) is 0 Å². The van der Waals surface area contributed by atoms with Gasteiger partial charge in [0.2, 0.25) is 0 Å². The van der Waals surface area contributed by atoms with E-state index in [4.69, 9.17) is 9.47 Å². The number of nitrogens with one attached hydrogen (secondary N) is 1. The van der Waals surface area contributed by atoms with Crippen LogP contribution in [0.15, 0.2) is 52.0 Å². The van der Waals surface area contributed by atoms with Crippen LogP contribution in [-0.4, -0.2) is 25.3 Å². The third-order valence-electron chi connectivity index (χ3n) is 3.06. The van der Waals surface area contributed by atoms with Crippen molar-refractivity contribution in [3.05, 3.63) is 58.1 Å². The Morgan fingerprint density at radius 2 is 1.91 bits per heavy atom. The van der Waals surface area contributed by atoms with Crippen LogP contribution in [0.4, 0.5) is 0 Å². The number of halogens is 1. The van der Waals surface area contributed by atoms with Gasteiger partial charge in [0.15, 0.2) is 11.5 Å². The number of fused-ring (bicyclic) bond motifs is 1. The Balaban J connectivity index is 1.71. The van der Waals surface area contributed by atoms with Crippen LogP contribution in [0.2, 0.25) is 0 Å². The van der Waals surface area contributed by atoms with E-state index in [-0.39, 0.29) is 5.91 Å². The van der Waals surface area contributed by atoms with Crippen LogP contribution < -0.4 is 14.9 Å². The van der Waals surface area contributed by atoms with Crippen molar-refractivity contribution >= 4 is 28.1 Å². The summed E-state index contributed by atoms with van der Waals surface area (Å²) in [5, 5.41) is 3.96. The van der Waals surface area contributed by atoms with Crippen molar-refractivity contribution in [3.8, 4) is 11.5 Å². The Kier molecular flexibility index (Phi) is 4.39. The highest BCUT2D eigenvalue weighted by Crippen LogP contribution is 2.33. The first-order chi connectivity index (χ1) is 10.7. The third kappa shape index (κ3) is 3.28. The Labute approximate surface area is 136 Å². The maximum Gasteiger partial charge on any atom is 0.275 e. The molecular weight excluding hydrogens is 348 g/mol. The van der Waals surface area contributed by atoms with Gasteiger partial charge in [-0.05, 0) is 29.8 Å². The van der Waals surface area contributed by atoms with Gasteiger partial charge in [-0.3, -0.25) is 4.79 Å². The lowest BCUT2D eigenvalue weighted by Crippen LogP contribution is -2.22. The normalized spacial score (nSPS) is 13.1. The van der Waals surface area contributed by atoms with Crippen LogP contribution in [0.1, 0.15) is 15.9 Å². The molecule has 0 bridgehead atoms. The number of carbonyl (C=O) groups excluding carboxylic acids is 1. The minimum Gasteiger partial charge on any atom is -0.486 e. The Bertz CT molecular complexity index is 714. The predicted octanol–water partition coefficient (Wildman–Crippen LogP) is 2.98. The summed E-state index contributed by atoms with van der Waals surface area (Å²) in [5.41, 5.74) is 3.79. The van der Waals surface area contributed by atoms with E-state index in [1.54, 1.807) is 24.4 Å². The van der Waals surface area contributed by atoms with Gasteiger partial charge in [-0.25, -0.2) is 5.43 Å². The van der Waals surface area contributed by atoms with E-state index in [1.807, 2.05) is 24.3 Å². The van der Waals surface area contributed by atoms with E-state index in [0.29, 0.717) is 30.3 Å². The summed E-state index contributed by atoms with van der Waals surface area (Å²) in [6.07, 6.45) is 1.58. The van der Waals surface area contributed by atoms with E-state index in [1.165, 1.54) is 0 Å². The second-order valence-corrected chi connectivity index (χ2v) is 5.50. The number of ether oxygens (including phenoxy) is 2. The molecule has 3 rings (SSSR count). The molecule has 2 aromatic rings. The monoisotopic (exact) mass is 360 g/mol. The van der Waals surface area contributed by atoms with E-state index in [0.717, 1.165) is 10.0 Å². The zero-order chi connectivity index (χ0) is 15.4. The van der Waals surface area contributed by atoms with Crippen molar-refractivity contribution < 1.29 is 14.3 Å². The highest BCUT2D eigenvalue weighted by atomic mass is 79.9. The van der Waals surface area contributed by atoms with E-state index >= 15 is 0 Å². The molecule has 0 spiro atoms. The minimum absolute atomic E-state index is 0.337. The lowest BCUT2D eigenvalue weighted by atomic mass is 10.1. The molecule has 0 radical (unpaired) electrons. The SMILES string of the molecule is O=C(NN=Cc1ccc(Br)cc1)c1cccc2c1OCCO2. The van der Waals surface area contributed by atoms with Gasteiger partial charge in [0.25, 0.3) is 5.91 Å². The van der Waals surface area contributed by atoms with Crippen LogP contribution in [0.3, 0.4) is 0 Å². The standard InChI is InChI=1S/C16H13BrN2O3/c17-12-6-4-11(5-7-12)10-18-19-16(20)13-2-1-3-14-15(13)22-9-8-21-14/h1-7,10H,8-9H2,(H,19,20). The number of benzene rings is 2. The van der Waals surface area contributed by atoms with Gasteiger partial charge in [-0.1, -0.05) is 34.1 Å². The maximum absolute atomic E-state index is 12.2. The molecule has 1 amide bonds. The first kappa shape index (κ1) is 14.6. The molecule has 0 atom stereocenters. The average Bonchev–Trinajstić information content (AvgIpc) is 2.56. The number of nitrogens with zero attached hydrogens (tertiary/aromatic N) is 1. The minimum atomic E-state index is -0.337. The molecule has 5 nitrogen and oxygen atoms in total. The third-order valence-corrected chi connectivity index (χ3v) is 3.59. The van der Waals surface area contributed by atoms with Crippen LogP contribution in [0.5, 0.6) is 11.5 Å². The molecule has 6 heteroatoms. The lowest BCUT2D eigenvalue weighted by Gasteiger charge is -2.20. The molecule has 0 aromatic heterocycles. The number of rotatable bonds is 3. The molecule has 1 N–H and O–H groups in total. The summed E-state index contributed by atoms with van der Waals surface area (Å²) in [7, 11) is 0. The van der Waals surface area contributed by atoms with Gasteiger partial charge in [0.1, 0.15) is 13.2 Å². The fourth-order valence-electron chi connectivity index (χ4n) is 2.03. The molecule has 1 heterocycles. The molecule has 1 aliphatic rings. The quantitative estimate of drug-likeness (QED) is 0.676. The summed E-state index contributed by atoms with van der Waals surface area (Å²) in [6, 6.07) is 12.8. The number of hydrazone groups is 1. The lowest BCUT2D eigenvalue weighted by molar-refractivity contribution is 0.0944. The molecule has 112 valence electrons. The average molecular weight is 361 g/mol. The van der Waals surface area contributed by atoms with Crippen molar-refractivity contribution in [3.63, 3.8) is 0 Å². The van der Waals surface area contributed by atoms with Crippen molar-refractivity contribution in [1.29, 1.82) is 0 Å². The van der Waals surface area contributed by atoms with E-state index in [2.05, 4.69) is 26.5 Å². The zero-order valence-electron chi connectivity index (χ0n) is 11.6. The summed E-state index contributed by atoms with van der Waals surface area (Å²) in [5.74, 6) is 0.705. The van der Waals surface area contributed by atoms with Gasteiger partial charge in [0, 0.05) is 4.47 Å². The summed E-state index contributed by atoms with van der Waals surface area (Å²) < 4.78 is 11.9. The largest absolute Gasteiger partial charge is 0.486 e. The Morgan fingerprint density at radius 3 is 2.73 bits per heavy atom. The van der Waals surface area contributed by atoms with Gasteiger partial charge < -0.3 is 9.47 Å². The fourth-order valence-corrected chi connectivity index (χ4v) is 2.29. The molecule has 2 aromatic carbocycles. The molecule has 0 unspecified atom stereocenters. The Morgan fingerprint density at radius 1 is 1.14 bits per heavy atom. The number of carbonyl (C=O) groups is 1. The number of hydrogen-bond donors (Lipinski definition) is 1. The number of para-hydroxylation sites is 1. The van der Waals surface area contributed by atoms with Crippen molar-refractivity contribution in [2.75, 3.05) is 13.2 Å². The van der Waals surface area contributed by atoms with Crippen LogP contribution in [-0.2, 0) is 0 Å². The molecular formula is C16H13BrN2O3. The molecule has 0 saturated carbocycles. The molecule has 0 fully saturated rings. The van der Waals surface area contributed by atoms with Gasteiger partial charge in [-0.15, -0.1) is 0 Å². The fraction of sp³-hybridized carbons (Fsp3) is 0.125. The highest BCUT2D eigenvalue weighted by molar-refractivity contribution is 9.10. The van der Waals surface area contributed by atoms with Crippen LogP contribution in [0, 0.1) is 0 Å².